The average molecular weight is 483 g/mol. The maximum Gasteiger partial charge on any atom is 0.315 e. The van der Waals surface area contributed by atoms with Crippen molar-refractivity contribution >= 4 is 22.7 Å². The van der Waals surface area contributed by atoms with E-state index in [0.717, 1.165) is 10.8 Å². The third-order valence-electron chi connectivity index (χ3n) is 7.06. The number of para-hydroxylation sites is 2. The molecule has 0 bridgehead atoms. The molecule has 0 amide bonds. The van der Waals surface area contributed by atoms with Crippen molar-refractivity contribution < 1.29 is 28.9 Å². The molecule has 0 heterocycles. The van der Waals surface area contributed by atoms with Gasteiger partial charge in [0, 0.05) is 17.2 Å². The van der Waals surface area contributed by atoms with Crippen molar-refractivity contribution in [3.63, 3.8) is 0 Å². The van der Waals surface area contributed by atoms with Crippen LogP contribution in [0.15, 0.2) is 91.0 Å². The minimum Gasteiger partial charge on any atom is -0.496 e. The summed E-state index contributed by atoms with van der Waals surface area (Å²) in [6, 6.07) is 27.7. The zero-order valence-corrected chi connectivity index (χ0v) is 20.0. The molecule has 0 aliphatic heterocycles. The summed E-state index contributed by atoms with van der Waals surface area (Å²) >= 11 is 0. The van der Waals surface area contributed by atoms with Gasteiger partial charge >= 0.3 is 11.9 Å². The number of hydrogen-bond donors (Lipinski definition) is 1. The number of benzene rings is 4. The lowest BCUT2D eigenvalue weighted by Gasteiger charge is -2.49. The first kappa shape index (κ1) is 23.4. The van der Waals surface area contributed by atoms with Gasteiger partial charge in [0.05, 0.1) is 26.1 Å². The summed E-state index contributed by atoms with van der Waals surface area (Å²) < 4.78 is 17.1. The fourth-order valence-electron chi connectivity index (χ4n) is 5.47. The summed E-state index contributed by atoms with van der Waals surface area (Å²) in [6.45, 7) is 0. The van der Waals surface area contributed by atoms with E-state index in [1.54, 1.807) is 18.2 Å². The van der Waals surface area contributed by atoms with Gasteiger partial charge in [0.25, 0.3) is 0 Å². The fourth-order valence-corrected chi connectivity index (χ4v) is 5.47. The van der Waals surface area contributed by atoms with E-state index in [1.807, 2.05) is 72.8 Å². The van der Waals surface area contributed by atoms with Crippen molar-refractivity contribution in [1.29, 1.82) is 0 Å². The Bertz CT molecular complexity index is 1370. The Labute approximate surface area is 209 Å². The second kappa shape index (κ2) is 9.74. The fraction of sp³-hybridized carbons (Fsp3) is 0.200. The van der Waals surface area contributed by atoms with Crippen LogP contribution in [-0.2, 0) is 9.59 Å². The number of esters is 1. The summed E-state index contributed by atoms with van der Waals surface area (Å²) in [5, 5.41) is 12.1. The molecule has 4 aromatic carbocycles. The van der Waals surface area contributed by atoms with Crippen molar-refractivity contribution in [1.82, 2.24) is 0 Å². The first-order valence-electron chi connectivity index (χ1n) is 11.7. The minimum atomic E-state index is -0.990. The van der Waals surface area contributed by atoms with Gasteiger partial charge < -0.3 is 19.3 Å². The summed E-state index contributed by atoms with van der Waals surface area (Å²) in [5.74, 6) is -2.89. The molecule has 0 spiro atoms. The number of carboxylic acids is 1. The van der Waals surface area contributed by atoms with Crippen LogP contribution < -0.4 is 14.2 Å². The normalized spacial score (nSPS) is 20.8. The van der Waals surface area contributed by atoms with Crippen LogP contribution >= 0.6 is 0 Å². The molecule has 2 atom stereocenters. The van der Waals surface area contributed by atoms with Crippen LogP contribution in [0.5, 0.6) is 17.2 Å². The van der Waals surface area contributed by atoms with Gasteiger partial charge in [-0.15, -0.1) is 0 Å². The Morgan fingerprint density at radius 3 is 1.72 bits per heavy atom. The summed E-state index contributed by atoms with van der Waals surface area (Å²) in [6.07, 6.45) is 0. The van der Waals surface area contributed by atoms with E-state index in [4.69, 9.17) is 14.2 Å². The lowest BCUT2D eigenvalue weighted by molar-refractivity contribution is -0.158. The van der Waals surface area contributed by atoms with Crippen LogP contribution in [0.3, 0.4) is 0 Å². The summed E-state index contributed by atoms with van der Waals surface area (Å²) in [7, 11) is 3.07. The smallest absolute Gasteiger partial charge is 0.315 e. The van der Waals surface area contributed by atoms with Gasteiger partial charge in [-0.3, -0.25) is 9.59 Å². The number of rotatable bonds is 7. The molecule has 182 valence electrons. The minimum absolute atomic E-state index is 0.439. The highest BCUT2D eigenvalue weighted by molar-refractivity contribution is 5.92. The van der Waals surface area contributed by atoms with Gasteiger partial charge in [0.15, 0.2) is 0 Å². The van der Waals surface area contributed by atoms with Crippen molar-refractivity contribution in [2.45, 2.75) is 11.8 Å². The third-order valence-corrected chi connectivity index (χ3v) is 7.06. The molecular weight excluding hydrogens is 456 g/mol. The molecule has 6 nitrogen and oxygen atoms in total. The molecule has 4 aromatic rings. The predicted molar refractivity (Wildman–Crippen MR) is 136 cm³/mol. The van der Waals surface area contributed by atoms with Gasteiger partial charge in [-0.1, -0.05) is 72.8 Å². The molecule has 6 heteroatoms. The molecule has 1 saturated carbocycles. The topological polar surface area (TPSA) is 82.1 Å². The molecule has 1 aliphatic carbocycles. The van der Waals surface area contributed by atoms with Gasteiger partial charge in [0.2, 0.25) is 0 Å². The van der Waals surface area contributed by atoms with Gasteiger partial charge in [0.1, 0.15) is 17.2 Å². The number of carbonyl (C=O) groups is 2. The van der Waals surface area contributed by atoms with Crippen molar-refractivity contribution in [3.05, 3.63) is 102 Å². The number of carboxylic acid groups (broad SMARTS) is 1. The molecular formula is C30H26O6. The highest BCUT2D eigenvalue weighted by Crippen LogP contribution is 2.60. The number of hydrogen-bond acceptors (Lipinski definition) is 5. The molecule has 0 unspecified atom stereocenters. The van der Waals surface area contributed by atoms with E-state index in [0.29, 0.717) is 28.4 Å². The summed E-state index contributed by atoms with van der Waals surface area (Å²) in [5.41, 5.74) is 1.33. The van der Waals surface area contributed by atoms with Crippen LogP contribution in [0.25, 0.3) is 10.8 Å². The first-order valence-corrected chi connectivity index (χ1v) is 11.7. The molecule has 36 heavy (non-hydrogen) atoms. The molecule has 0 aromatic heterocycles. The molecule has 1 N–H and O–H groups in total. The van der Waals surface area contributed by atoms with Crippen molar-refractivity contribution in [3.8, 4) is 17.2 Å². The standard InChI is InChI=1S/C30H26O6/c1-34-22-15-7-5-13-20(22)25-27(29(31)32)26(21-14-6-8-16-23(21)35-2)28(25)30(33)36-24-17-9-11-18-10-3-4-12-19(18)24/h3-17,25-28H,1-2H3,(H,31,32)/t25-,26-,27-,28-/m0/s1. The Morgan fingerprint density at radius 1 is 0.639 bits per heavy atom. The number of carbonyl (C=O) groups excluding carboxylic acids is 1. The van der Waals surface area contributed by atoms with Crippen molar-refractivity contribution in [2.75, 3.05) is 14.2 Å². The highest BCUT2D eigenvalue weighted by atomic mass is 16.5. The predicted octanol–water partition coefficient (Wildman–Crippen LogP) is 5.66. The molecule has 5 rings (SSSR count). The highest BCUT2D eigenvalue weighted by Gasteiger charge is 2.60. The first-order chi connectivity index (χ1) is 17.5. The van der Waals surface area contributed by atoms with Crippen molar-refractivity contribution in [2.24, 2.45) is 11.8 Å². The van der Waals surface area contributed by atoms with Gasteiger partial charge in [-0.25, -0.2) is 0 Å². The lowest BCUT2D eigenvalue weighted by Crippen LogP contribution is -2.52. The van der Waals surface area contributed by atoms with Crippen LogP contribution in [0.1, 0.15) is 23.0 Å². The molecule has 1 aliphatic rings. The van der Waals surface area contributed by atoms with Crippen LogP contribution in [0.2, 0.25) is 0 Å². The second-order valence-corrected chi connectivity index (χ2v) is 8.82. The monoisotopic (exact) mass is 482 g/mol. The number of aliphatic carboxylic acids is 1. The van der Waals surface area contributed by atoms with Gasteiger partial charge in [-0.05, 0) is 34.7 Å². The average Bonchev–Trinajstić information content (AvgIpc) is 2.88. The Morgan fingerprint density at radius 2 is 1.14 bits per heavy atom. The molecule has 0 saturated heterocycles. The molecule has 0 radical (unpaired) electrons. The van der Waals surface area contributed by atoms with E-state index >= 15 is 0 Å². The second-order valence-electron chi connectivity index (χ2n) is 8.82. The third kappa shape index (κ3) is 3.94. The van der Waals surface area contributed by atoms with E-state index in [9.17, 15) is 14.7 Å². The summed E-state index contributed by atoms with van der Waals surface area (Å²) in [4.78, 5) is 26.5. The quantitative estimate of drug-likeness (QED) is 0.270. The zero-order chi connectivity index (χ0) is 25.2. The maximum absolute atomic E-state index is 13.9. The SMILES string of the molecule is COc1ccccc1[C@H]1[C@H](C(=O)O)[C@H](c2ccccc2OC)[C@H]1C(=O)Oc1cccc2ccccc12. The largest absolute Gasteiger partial charge is 0.496 e. The van der Waals surface area contributed by atoms with Crippen LogP contribution in [-0.4, -0.2) is 31.3 Å². The van der Waals surface area contributed by atoms with E-state index < -0.39 is 35.6 Å². The van der Waals surface area contributed by atoms with Gasteiger partial charge in [-0.2, -0.15) is 0 Å². The van der Waals surface area contributed by atoms with E-state index in [1.165, 1.54) is 14.2 Å². The maximum atomic E-state index is 13.9. The number of ether oxygens (including phenoxy) is 3. The number of methoxy groups -OCH3 is 2. The Hall–Kier alpha value is -4.32. The van der Waals surface area contributed by atoms with Crippen LogP contribution in [0, 0.1) is 11.8 Å². The van der Waals surface area contributed by atoms with E-state index in [-0.39, 0.29) is 0 Å². The lowest BCUT2D eigenvalue weighted by atomic mass is 9.52. The Balaban J connectivity index is 1.62. The Kier molecular flexibility index (Phi) is 6.34. The number of fused-ring (bicyclic) bond motifs is 1. The van der Waals surface area contributed by atoms with Crippen LogP contribution in [0.4, 0.5) is 0 Å². The zero-order valence-electron chi connectivity index (χ0n) is 20.0. The van der Waals surface area contributed by atoms with E-state index in [2.05, 4.69) is 0 Å². The molecule has 1 fully saturated rings.